The fraction of sp³-hybridized carbons (Fsp3) is 0.450. The van der Waals surface area contributed by atoms with Gasteiger partial charge < -0.3 is 21.1 Å². The van der Waals surface area contributed by atoms with E-state index in [2.05, 4.69) is 15.6 Å². The summed E-state index contributed by atoms with van der Waals surface area (Å²) in [6.45, 7) is 1.41. The second-order valence-corrected chi connectivity index (χ2v) is 7.43. The summed E-state index contributed by atoms with van der Waals surface area (Å²) in [6.07, 6.45) is 3.22. The SMILES string of the molecule is NC(=O)C1(CNc2cc(C(=O)NC3CC3)c3ccccc3n2)CCOCC1. The number of pyridine rings is 1. The maximum absolute atomic E-state index is 12.7. The first kappa shape index (κ1) is 17.7. The van der Waals surface area contributed by atoms with Crippen molar-refractivity contribution in [3.8, 4) is 0 Å². The van der Waals surface area contributed by atoms with Crippen molar-refractivity contribution in [3.05, 3.63) is 35.9 Å². The Morgan fingerprint density at radius 1 is 1.22 bits per heavy atom. The van der Waals surface area contributed by atoms with Crippen molar-refractivity contribution in [3.63, 3.8) is 0 Å². The molecule has 2 heterocycles. The molecular formula is C20H24N4O3. The van der Waals surface area contributed by atoms with Crippen LogP contribution in [-0.4, -0.2) is 42.6 Å². The van der Waals surface area contributed by atoms with Gasteiger partial charge in [0, 0.05) is 31.2 Å². The number of carbonyl (C=O) groups is 2. The van der Waals surface area contributed by atoms with Crippen molar-refractivity contribution in [1.29, 1.82) is 0 Å². The third-order valence-corrected chi connectivity index (χ3v) is 5.45. The maximum Gasteiger partial charge on any atom is 0.252 e. The van der Waals surface area contributed by atoms with Gasteiger partial charge in [-0.2, -0.15) is 0 Å². The highest BCUT2D eigenvalue weighted by molar-refractivity contribution is 6.07. The van der Waals surface area contributed by atoms with Crippen LogP contribution in [0.25, 0.3) is 10.9 Å². The lowest BCUT2D eigenvalue weighted by Crippen LogP contribution is -2.46. The molecule has 1 aromatic heterocycles. The molecule has 27 heavy (non-hydrogen) atoms. The second kappa shape index (κ2) is 7.15. The number of anilines is 1. The number of rotatable bonds is 6. The third-order valence-electron chi connectivity index (χ3n) is 5.45. The molecule has 4 rings (SSSR count). The molecule has 4 N–H and O–H groups in total. The van der Waals surface area contributed by atoms with Crippen LogP contribution in [0.3, 0.4) is 0 Å². The van der Waals surface area contributed by atoms with Crippen LogP contribution in [0.1, 0.15) is 36.0 Å². The van der Waals surface area contributed by atoms with E-state index in [1.165, 1.54) is 0 Å². The van der Waals surface area contributed by atoms with E-state index in [0.29, 0.717) is 44.0 Å². The molecule has 0 spiro atoms. The fourth-order valence-corrected chi connectivity index (χ4v) is 3.48. The summed E-state index contributed by atoms with van der Waals surface area (Å²) >= 11 is 0. The maximum atomic E-state index is 12.7. The van der Waals surface area contributed by atoms with Crippen LogP contribution in [0.4, 0.5) is 5.82 Å². The lowest BCUT2D eigenvalue weighted by molar-refractivity contribution is -0.132. The third kappa shape index (κ3) is 3.73. The minimum absolute atomic E-state index is 0.0881. The number of para-hydroxylation sites is 1. The first-order valence-corrected chi connectivity index (χ1v) is 9.40. The van der Waals surface area contributed by atoms with Crippen molar-refractivity contribution in [1.82, 2.24) is 10.3 Å². The zero-order chi connectivity index (χ0) is 18.9. The average molecular weight is 368 g/mol. The van der Waals surface area contributed by atoms with Gasteiger partial charge >= 0.3 is 0 Å². The number of ether oxygens (including phenoxy) is 1. The van der Waals surface area contributed by atoms with E-state index >= 15 is 0 Å². The quantitative estimate of drug-likeness (QED) is 0.721. The van der Waals surface area contributed by atoms with Crippen LogP contribution in [0.5, 0.6) is 0 Å². The number of aromatic nitrogens is 1. The summed E-state index contributed by atoms with van der Waals surface area (Å²) in [4.78, 5) is 29.4. The van der Waals surface area contributed by atoms with Crippen molar-refractivity contribution in [2.24, 2.45) is 11.1 Å². The fourth-order valence-electron chi connectivity index (χ4n) is 3.48. The number of hydrogen-bond acceptors (Lipinski definition) is 5. The molecule has 0 radical (unpaired) electrons. The summed E-state index contributed by atoms with van der Waals surface area (Å²) in [5.74, 6) is 0.155. The molecule has 7 nitrogen and oxygen atoms in total. The monoisotopic (exact) mass is 368 g/mol. The number of benzene rings is 1. The number of fused-ring (bicyclic) bond motifs is 1. The summed E-state index contributed by atoms with van der Waals surface area (Å²) in [5.41, 5.74) is 6.36. The highest BCUT2D eigenvalue weighted by atomic mass is 16.5. The molecule has 1 saturated carbocycles. The molecule has 2 aliphatic rings. The number of amides is 2. The van der Waals surface area contributed by atoms with Crippen LogP contribution in [0.15, 0.2) is 30.3 Å². The normalized spacial score (nSPS) is 18.8. The Balaban J connectivity index is 1.61. The van der Waals surface area contributed by atoms with Crippen LogP contribution in [0.2, 0.25) is 0 Å². The summed E-state index contributed by atoms with van der Waals surface area (Å²) in [5, 5.41) is 7.10. The van der Waals surface area contributed by atoms with Gasteiger partial charge in [0.15, 0.2) is 0 Å². The number of nitrogens with one attached hydrogen (secondary N) is 2. The number of nitrogens with zero attached hydrogens (tertiary/aromatic N) is 1. The zero-order valence-electron chi connectivity index (χ0n) is 15.2. The Labute approximate surface area is 157 Å². The lowest BCUT2D eigenvalue weighted by atomic mass is 9.79. The Morgan fingerprint density at radius 2 is 1.96 bits per heavy atom. The highest BCUT2D eigenvalue weighted by Gasteiger charge is 2.38. The number of carbonyl (C=O) groups excluding carboxylic acids is 2. The molecule has 2 aromatic rings. The van der Waals surface area contributed by atoms with Crippen LogP contribution < -0.4 is 16.4 Å². The van der Waals surface area contributed by atoms with Gasteiger partial charge in [0.1, 0.15) is 5.82 Å². The molecule has 0 bridgehead atoms. The zero-order valence-corrected chi connectivity index (χ0v) is 15.2. The molecule has 1 aliphatic carbocycles. The standard InChI is InChI=1S/C20H24N4O3/c21-19(26)20(7-9-27-10-8-20)12-22-17-11-15(18(25)23-13-5-6-13)14-3-1-2-4-16(14)24-17/h1-4,11,13H,5-10,12H2,(H2,21,26)(H,22,24)(H,23,25). The molecule has 0 unspecified atom stereocenters. The Morgan fingerprint density at radius 3 is 2.67 bits per heavy atom. The van der Waals surface area contributed by atoms with Crippen LogP contribution >= 0.6 is 0 Å². The first-order valence-electron chi connectivity index (χ1n) is 9.40. The minimum Gasteiger partial charge on any atom is -0.381 e. The Bertz CT molecular complexity index is 873. The molecule has 2 amide bonds. The molecule has 1 saturated heterocycles. The van der Waals surface area contributed by atoms with Gasteiger partial charge in [-0.25, -0.2) is 4.98 Å². The predicted molar refractivity (Wildman–Crippen MR) is 102 cm³/mol. The largest absolute Gasteiger partial charge is 0.381 e. The second-order valence-electron chi connectivity index (χ2n) is 7.43. The first-order chi connectivity index (χ1) is 13.1. The Kier molecular flexibility index (Phi) is 4.70. The lowest BCUT2D eigenvalue weighted by Gasteiger charge is -2.34. The van der Waals surface area contributed by atoms with Gasteiger partial charge in [-0.1, -0.05) is 18.2 Å². The molecule has 1 aromatic carbocycles. The van der Waals surface area contributed by atoms with Crippen molar-refractivity contribution < 1.29 is 14.3 Å². The molecule has 2 fully saturated rings. The summed E-state index contributed by atoms with van der Waals surface area (Å²) in [7, 11) is 0. The predicted octanol–water partition coefficient (Wildman–Crippen LogP) is 1.82. The van der Waals surface area contributed by atoms with Gasteiger partial charge in [-0.3, -0.25) is 9.59 Å². The van der Waals surface area contributed by atoms with E-state index in [1.807, 2.05) is 24.3 Å². The Hall–Kier alpha value is -2.67. The van der Waals surface area contributed by atoms with Gasteiger partial charge in [-0.15, -0.1) is 0 Å². The summed E-state index contributed by atoms with van der Waals surface area (Å²) < 4.78 is 5.37. The molecule has 1 aliphatic heterocycles. The average Bonchev–Trinajstić information content (AvgIpc) is 3.50. The van der Waals surface area contributed by atoms with E-state index in [-0.39, 0.29) is 17.9 Å². The van der Waals surface area contributed by atoms with E-state index in [4.69, 9.17) is 10.5 Å². The van der Waals surface area contributed by atoms with E-state index in [0.717, 1.165) is 23.7 Å². The smallest absolute Gasteiger partial charge is 0.252 e. The number of hydrogen-bond donors (Lipinski definition) is 3. The summed E-state index contributed by atoms with van der Waals surface area (Å²) in [6, 6.07) is 9.61. The molecule has 142 valence electrons. The van der Waals surface area contributed by atoms with Gasteiger partial charge in [0.05, 0.1) is 16.5 Å². The number of primary amides is 1. The minimum atomic E-state index is -0.651. The van der Waals surface area contributed by atoms with Crippen molar-refractivity contribution in [2.75, 3.05) is 25.1 Å². The highest BCUT2D eigenvalue weighted by Crippen LogP contribution is 2.31. The van der Waals surface area contributed by atoms with Gasteiger partial charge in [0.25, 0.3) is 5.91 Å². The van der Waals surface area contributed by atoms with E-state index in [9.17, 15) is 9.59 Å². The van der Waals surface area contributed by atoms with Crippen LogP contribution in [0, 0.1) is 5.41 Å². The van der Waals surface area contributed by atoms with Crippen LogP contribution in [-0.2, 0) is 9.53 Å². The van der Waals surface area contributed by atoms with E-state index < -0.39 is 5.41 Å². The van der Waals surface area contributed by atoms with E-state index in [1.54, 1.807) is 6.07 Å². The van der Waals surface area contributed by atoms with Gasteiger partial charge in [0.2, 0.25) is 5.91 Å². The number of nitrogens with two attached hydrogens (primary N) is 1. The van der Waals surface area contributed by atoms with Crippen molar-refractivity contribution in [2.45, 2.75) is 31.7 Å². The van der Waals surface area contributed by atoms with Gasteiger partial charge in [-0.05, 0) is 37.8 Å². The molecular weight excluding hydrogens is 344 g/mol. The molecule has 7 heteroatoms. The van der Waals surface area contributed by atoms with Crippen molar-refractivity contribution >= 4 is 28.5 Å². The molecule has 0 atom stereocenters. The topological polar surface area (TPSA) is 106 Å².